The lowest BCUT2D eigenvalue weighted by molar-refractivity contribution is -0.134. The van der Waals surface area contributed by atoms with Gasteiger partial charge in [0.05, 0.1) is 13.2 Å². The van der Waals surface area contributed by atoms with E-state index in [0.29, 0.717) is 29.3 Å². The van der Waals surface area contributed by atoms with Crippen molar-refractivity contribution >= 4 is 17.2 Å². The Labute approximate surface area is 111 Å². The normalized spacial score (nSPS) is 11.8. The molecule has 2 N–H and O–H groups in total. The van der Waals surface area contributed by atoms with Crippen LogP contribution in [0.1, 0.15) is 10.4 Å². The number of rotatable bonds is 5. The molecule has 0 saturated carbocycles. The van der Waals surface area contributed by atoms with Crippen molar-refractivity contribution in [3.8, 4) is 0 Å². The largest absolute Gasteiger partial charge is 0.425 e. The van der Waals surface area contributed by atoms with Crippen LogP contribution in [0.15, 0.2) is 23.7 Å². The van der Waals surface area contributed by atoms with Crippen LogP contribution in [0.2, 0.25) is 0 Å². The molecule has 0 aliphatic rings. The van der Waals surface area contributed by atoms with Crippen LogP contribution in [0.3, 0.4) is 0 Å². The van der Waals surface area contributed by atoms with Gasteiger partial charge in [0, 0.05) is 18.8 Å². The van der Waals surface area contributed by atoms with Crippen molar-refractivity contribution < 1.29 is 18.3 Å². The Bertz CT molecular complexity index is 535. The summed E-state index contributed by atoms with van der Waals surface area (Å²) in [6.07, 6.45) is -2.60. The van der Waals surface area contributed by atoms with Crippen LogP contribution >= 0.6 is 11.3 Å². The minimum Gasteiger partial charge on any atom is -0.394 e. The van der Waals surface area contributed by atoms with Gasteiger partial charge in [0.2, 0.25) is 0 Å². The smallest absolute Gasteiger partial charge is 0.394 e. The van der Waals surface area contributed by atoms with Gasteiger partial charge in [-0.15, -0.1) is 11.3 Å². The number of alkyl halides is 3. The molecule has 0 fully saturated rings. The first-order valence-corrected chi connectivity index (χ1v) is 6.40. The summed E-state index contributed by atoms with van der Waals surface area (Å²) in [7, 11) is 0. The van der Waals surface area contributed by atoms with E-state index in [0.717, 1.165) is 6.07 Å². The predicted molar refractivity (Wildman–Crippen MR) is 66.0 cm³/mol. The van der Waals surface area contributed by atoms with Crippen molar-refractivity contribution in [2.75, 3.05) is 11.9 Å². The van der Waals surface area contributed by atoms with E-state index < -0.39 is 11.1 Å². The average molecular weight is 291 g/mol. The van der Waals surface area contributed by atoms with Gasteiger partial charge < -0.3 is 10.4 Å². The second-order valence-electron chi connectivity index (χ2n) is 3.86. The minimum atomic E-state index is -4.29. The highest BCUT2D eigenvalue weighted by Gasteiger charge is 2.32. The van der Waals surface area contributed by atoms with Gasteiger partial charge in [0.15, 0.2) is 0 Å². The second-order valence-corrected chi connectivity index (χ2v) is 4.77. The molecule has 2 rings (SSSR count). The van der Waals surface area contributed by atoms with Gasteiger partial charge in [0.1, 0.15) is 10.7 Å². The Hall–Kier alpha value is -1.54. The molecule has 0 atom stereocenters. The maximum Gasteiger partial charge on any atom is 0.425 e. The van der Waals surface area contributed by atoms with E-state index in [2.05, 4.69) is 10.4 Å². The Morgan fingerprint density at radius 1 is 1.42 bits per heavy atom. The van der Waals surface area contributed by atoms with Crippen molar-refractivity contribution in [3.63, 3.8) is 0 Å². The molecular formula is C11H12F3N3OS. The Morgan fingerprint density at radius 2 is 2.21 bits per heavy atom. The first kappa shape index (κ1) is 13.9. The number of nitrogens with zero attached hydrogens (tertiary/aromatic N) is 2. The Balaban J connectivity index is 1.93. The molecule has 0 bridgehead atoms. The van der Waals surface area contributed by atoms with Crippen molar-refractivity contribution in [3.05, 3.63) is 34.2 Å². The molecule has 2 heterocycles. The van der Waals surface area contributed by atoms with E-state index in [4.69, 9.17) is 5.11 Å². The van der Waals surface area contributed by atoms with Crippen molar-refractivity contribution in [1.82, 2.24) is 9.78 Å². The van der Waals surface area contributed by atoms with E-state index in [1.54, 1.807) is 16.9 Å². The number of hydrogen-bond donors (Lipinski definition) is 2. The molecule has 0 aliphatic carbocycles. The van der Waals surface area contributed by atoms with Gasteiger partial charge in [0.25, 0.3) is 0 Å². The van der Waals surface area contributed by atoms with Gasteiger partial charge >= 0.3 is 6.18 Å². The zero-order valence-corrected chi connectivity index (χ0v) is 10.6. The van der Waals surface area contributed by atoms with Crippen LogP contribution in [0.25, 0.3) is 0 Å². The number of anilines is 1. The van der Waals surface area contributed by atoms with Crippen LogP contribution < -0.4 is 5.32 Å². The molecule has 0 unspecified atom stereocenters. The first-order valence-electron chi connectivity index (χ1n) is 5.52. The molecule has 0 spiro atoms. The standard InChI is InChI=1S/C11H12F3N3OS/c12-11(13,14)9-5-8(7-19-9)6-15-10-1-2-17(16-10)3-4-18/h1-2,5,7,18H,3-4,6H2,(H,15,16). The zero-order valence-electron chi connectivity index (χ0n) is 9.81. The maximum absolute atomic E-state index is 12.4. The van der Waals surface area contributed by atoms with E-state index in [9.17, 15) is 13.2 Å². The van der Waals surface area contributed by atoms with Gasteiger partial charge in [-0.25, -0.2) is 0 Å². The Morgan fingerprint density at radius 3 is 2.84 bits per heavy atom. The minimum absolute atomic E-state index is 0.0133. The van der Waals surface area contributed by atoms with Crippen LogP contribution in [0.5, 0.6) is 0 Å². The summed E-state index contributed by atoms with van der Waals surface area (Å²) in [6.45, 7) is 0.654. The van der Waals surface area contributed by atoms with Gasteiger partial charge in [-0.1, -0.05) is 0 Å². The second kappa shape index (κ2) is 5.62. The quantitative estimate of drug-likeness (QED) is 0.890. The third kappa shape index (κ3) is 3.71. The van der Waals surface area contributed by atoms with Crippen molar-refractivity contribution in [2.24, 2.45) is 0 Å². The summed E-state index contributed by atoms with van der Waals surface area (Å²) in [5.74, 6) is 0.563. The number of thiophene rings is 1. The average Bonchev–Trinajstić information content (AvgIpc) is 2.94. The van der Waals surface area contributed by atoms with Crippen LogP contribution in [0.4, 0.5) is 19.0 Å². The summed E-state index contributed by atoms with van der Waals surface area (Å²) in [4.78, 5) is -0.602. The van der Waals surface area contributed by atoms with E-state index >= 15 is 0 Å². The first-order chi connectivity index (χ1) is 8.99. The highest BCUT2D eigenvalue weighted by molar-refractivity contribution is 7.10. The predicted octanol–water partition coefficient (Wildman–Crippen LogP) is 2.57. The summed E-state index contributed by atoms with van der Waals surface area (Å²) in [6, 6.07) is 2.83. The molecule has 0 saturated heterocycles. The lowest BCUT2D eigenvalue weighted by Crippen LogP contribution is -2.05. The highest BCUT2D eigenvalue weighted by Crippen LogP contribution is 2.34. The van der Waals surface area contributed by atoms with Crippen LogP contribution in [-0.4, -0.2) is 21.5 Å². The van der Waals surface area contributed by atoms with Crippen molar-refractivity contribution in [1.29, 1.82) is 0 Å². The summed E-state index contributed by atoms with van der Waals surface area (Å²) in [5, 5.41) is 17.2. The summed E-state index contributed by atoms with van der Waals surface area (Å²) in [5.41, 5.74) is 0.564. The number of aliphatic hydroxyl groups excluding tert-OH is 1. The monoisotopic (exact) mass is 291 g/mol. The van der Waals surface area contributed by atoms with Gasteiger partial charge in [-0.2, -0.15) is 18.3 Å². The molecule has 0 aliphatic heterocycles. The Kier molecular flexibility index (Phi) is 4.11. The fraction of sp³-hybridized carbons (Fsp3) is 0.364. The molecule has 0 radical (unpaired) electrons. The maximum atomic E-state index is 12.4. The molecule has 104 valence electrons. The number of halogens is 3. The molecular weight excluding hydrogens is 279 g/mol. The van der Waals surface area contributed by atoms with Gasteiger partial charge in [-0.05, 0) is 17.0 Å². The number of aromatic nitrogens is 2. The summed E-state index contributed by atoms with van der Waals surface area (Å²) < 4.78 is 38.8. The highest BCUT2D eigenvalue weighted by atomic mass is 32.1. The molecule has 8 heteroatoms. The molecule has 2 aromatic rings. The third-order valence-corrected chi connectivity index (χ3v) is 3.40. The topological polar surface area (TPSA) is 50.1 Å². The molecule has 0 aromatic carbocycles. The zero-order chi connectivity index (χ0) is 13.9. The lowest BCUT2D eigenvalue weighted by Gasteiger charge is -2.02. The van der Waals surface area contributed by atoms with E-state index in [1.165, 1.54) is 5.38 Å². The SMILES string of the molecule is OCCn1ccc(NCc2csc(C(F)(F)F)c2)n1. The molecule has 19 heavy (non-hydrogen) atoms. The molecule has 2 aromatic heterocycles. The third-order valence-electron chi connectivity index (χ3n) is 2.38. The van der Waals surface area contributed by atoms with Gasteiger partial charge in [-0.3, -0.25) is 4.68 Å². The molecule has 0 amide bonds. The summed E-state index contributed by atoms with van der Waals surface area (Å²) >= 11 is 0.681. The van der Waals surface area contributed by atoms with Crippen LogP contribution in [-0.2, 0) is 19.3 Å². The van der Waals surface area contributed by atoms with E-state index in [-0.39, 0.29) is 13.2 Å². The fourth-order valence-electron chi connectivity index (χ4n) is 1.49. The van der Waals surface area contributed by atoms with Crippen molar-refractivity contribution in [2.45, 2.75) is 19.3 Å². The molecule has 4 nitrogen and oxygen atoms in total. The van der Waals surface area contributed by atoms with Crippen LogP contribution in [0, 0.1) is 0 Å². The van der Waals surface area contributed by atoms with E-state index in [1.807, 2.05) is 0 Å². The number of hydrogen-bond acceptors (Lipinski definition) is 4. The lowest BCUT2D eigenvalue weighted by atomic mass is 10.3. The fourth-order valence-corrected chi connectivity index (χ4v) is 2.28. The number of nitrogens with one attached hydrogen (secondary N) is 1. The number of aliphatic hydroxyl groups is 1.